The number of hydrogen-bond acceptors (Lipinski definition) is 6. The van der Waals surface area contributed by atoms with Crippen LogP contribution in [0.25, 0.3) is 6.08 Å². The molecule has 0 fully saturated rings. The Morgan fingerprint density at radius 3 is 2.45 bits per heavy atom. The van der Waals surface area contributed by atoms with Gasteiger partial charge in [0.15, 0.2) is 27.9 Å². The normalized spacial score (nSPS) is 11.3. The third-order valence-electron chi connectivity index (χ3n) is 3.77. The van der Waals surface area contributed by atoms with Gasteiger partial charge in [-0.2, -0.15) is 0 Å². The molecular weight excluding hydrogens is 398 g/mol. The molecule has 0 unspecified atom stereocenters. The lowest BCUT2D eigenvalue weighted by Gasteiger charge is -2.12. The zero-order valence-electron chi connectivity index (χ0n) is 16.1. The highest BCUT2D eigenvalue weighted by atomic mass is 32.2. The predicted octanol–water partition coefficient (Wildman–Crippen LogP) is 2.85. The number of ether oxygens (including phenoxy) is 2. The second-order valence-electron chi connectivity index (χ2n) is 6.07. The molecule has 9 heteroatoms. The number of carboxylic acids is 1. The molecule has 0 saturated carbocycles. The van der Waals surface area contributed by atoms with Crippen molar-refractivity contribution in [2.45, 2.75) is 11.8 Å². The van der Waals surface area contributed by atoms with Crippen LogP contribution in [-0.2, 0) is 14.6 Å². The van der Waals surface area contributed by atoms with Crippen LogP contribution in [0.4, 0.5) is 5.69 Å². The maximum atomic E-state index is 12.2. The number of benzene rings is 2. The lowest BCUT2D eigenvalue weighted by molar-refractivity contribution is -0.118. The maximum absolute atomic E-state index is 12.2. The van der Waals surface area contributed by atoms with E-state index in [0.29, 0.717) is 11.5 Å². The number of carbonyl (C=O) groups excluding carboxylic acids is 1. The first kappa shape index (κ1) is 22.0. The SMILES string of the molecule is C/C=C/c1ccc(OCC(=O)Nc2cc(C(=O)O)cc(S(C)(=O)=O)c2)c(OC)c1. The summed E-state index contributed by atoms with van der Waals surface area (Å²) >= 11 is 0. The van der Waals surface area contributed by atoms with Crippen molar-refractivity contribution >= 4 is 33.5 Å². The largest absolute Gasteiger partial charge is 0.493 e. The van der Waals surface area contributed by atoms with Crippen molar-refractivity contribution in [3.05, 3.63) is 53.6 Å². The molecule has 0 atom stereocenters. The van der Waals surface area contributed by atoms with E-state index in [1.165, 1.54) is 19.2 Å². The molecule has 0 aliphatic heterocycles. The fourth-order valence-electron chi connectivity index (χ4n) is 2.45. The summed E-state index contributed by atoms with van der Waals surface area (Å²) in [5, 5.41) is 11.6. The maximum Gasteiger partial charge on any atom is 0.335 e. The van der Waals surface area contributed by atoms with Crippen LogP contribution in [0.2, 0.25) is 0 Å². The minimum atomic E-state index is -3.66. The van der Waals surface area contributed by atoms with Crippen molar-refractivity contribution in [2.24, 2.45) is 0 Å². The van der Waals surface area contributed by atoms with Crippen LogP contribution in [-0.4, -0.2) is 45.4 Å². The quantitative estimate of drug-likeness (QED) is 0.675. The summed E-state index contributed by atoms with van der Waals surface area (Å²) in [6.45, 7) is 1.50. The van der Waals surface area contributed by atoms with E-state index in [0.717, 1.165) is 17.9 Å². The van der Waals surface area contributed by atoms with Crippen molar-refractivity contribution < 1.29 is 32.6 Å². The van der Waals surface area contributed by atoms with E-state index in [1.807, 2.05) is 19.1 Å². The predicted molar refractivity (Wildman–Crippen MR) is 108 cm³/mol. The van der Waals surface area contributed by atoms with Crippen LogP contribution in [0.15, 0.2) is 47.4 Å². The molecule has 0 radical (unpaired) electrons. The number of carboxylic acid groups (broad SMARTS) is 1. The van der Waals surface area contributed by atoms with Crippen LogP contribution in [0.5, 0.6) is 11.5 Å². The third kappa shape index (κ3) is 6.08. The number of allylic oxidation sites excluding steroid dienone is 1. The third-order valence-corrected chi connectivity index (χ3v) is 4.86. The van der Waals surface area contributed by atoms with Crippen molar-refractivity contribution in [1.29, 1.82) is 0 Å². The van der Waals surface area contributed by atoms with Crippen molar-refractivity contribution in [1.82, 2.24) is 0 Å². The molecule has 0 spiro atoms. The second kappa shape index (κ2) is 9.24. The Labute approximate surface area is 168 Å². The molecule has 2 aromatic rings. The fraction of sp³-hybridized carbons (Fsp3) is 0.200. The zero-order chi connectivity index (χ0) is 21.6. The van der Waals surface area contributed by atoms with Gasteiger partial charge in [-0.1, -0.05) is 18.2 Å². The molecule has 2 aromatic carbocycles. The van der Waals surface area contributed by atoms with E-state index < -0.39 is 21.7 Å². The van der Waals surface area contributed by atoms with Gasteiger partial charge in [-0.3, -0.25) is 4.79 Å². The Kier molecular flexibility index (Phi) is 7.00. The van der Waals surface area contributed by atoms with Crippen molar-refractivity contribution in [3.63, 3.8) is 0 Å². The first-order chi connectivity index (χ1) is 13.6. The molecule has 0 aliphatic carbocycles. The summed E-state index contributed by atoms with van der Waals surface area (Å²) in [4.78, 5) is 23.2. The van der Waals surface area contributed by atoms with Crippen LogP contribution in [0.3, 0.4) is 0 Å². The smallest absolute Gasteiger partial charge is 0.335 e. The number of sulfone groups is 1. The number of anilines is 1. The van der Waals surface area contributed by atoms with Gasteiger partial charge in [-0.05, 0) is 42.8 Å². The highest BCUT2D eigenvalue weighted by molar-refractivity contribution is 7.90. The summed E-state index contributed by atoms with van der Waals surface area (Å²) in [6, 6.07) is 8.59. The molecule has 1 amide bonds. The average Bonchev–Trinajstić information content (AvgIpc) is 2.66. The van der Waals surface area contributed by atoms with E-state index in [1.54, 1.807) is 18.2 Å². The van der Waals surface area contributed by atoms with Crippen molar-refractivity contribution in [2.75, 3.05) is 25.3 Å². The molecular formula is C20H21NO7S. The topological polar surface area (TPSA) is 119 Å². The van der Waals surface area contributed by atoms with E-state index in [4.69, 9.17) is 14.6 Å². The first-order valence-corrected chi connectivity index (χ1v) is 10.3. The van der Waals surface area contributed by atoms with Gasteiger partial charge in [0.25, 0.3) is 5.91 Å². The number of amides is 1. The van der Waals surface area contributed by atoms with Crippen LogP contribution < -0.4 is 14.8 Å². The van der Waals surface area contributed by atoms with Gasteiger partial charge in [0, 0.05) is 11.9 Å². The van der Waals surface area contributed by atoms with Gasteiger partial charge in [-0.15, -0.1) is 0 Å². The van der Waals surface area contributed by atoms with E-state index in [2.05, 4.69) is 5.32 Å². The summed E-state index contributed by atoms with van der Waals surface area (Å²) in [5.74, 6) is -1.10. The molecule has 0 aliphatic rings. The lowest BCUT2D eigenvalue weighted by atomic mass is 10.2. The van der Waals surface area contributed by atoms with E-state index in [-0.39, 0.29) is 22.8 Å². The minimum absolute atomic E-state index is 0.0364. The minimum Gasteiger partial charge on any atom is -0.493 e. The Hall–Kier alpha value is -3.33. The molecule has 0 heterocycles. The van der Waals surface area contributed by atoms with Crippen LogP contribution in [0.1, 0.15) is 22.8 Å². The van der Waals surface area contributed by atoms with E-state index in [9.17, 15) is 18.0 Å². The number of carbonyl (C=O) groups is 2. The van der Waals surface area contributed by atoms with Crippen molar-refractivity contribution in [3.8, 4) is 11.5 Å². The molecule has 0 bridgehead atoms. The molecule has 8 nitrogen and oxygen atoms in total. The van der Waals surface area contributed by atoms with Gasteiger partial charge in [0.2, 0.25) is 0 Å². The number of aromatic carboxylic acids is 1. The monoisotopic (exact) mass is 419 g/mol. The Balaban J connectivity index is 2.15. The number of hydrogen-bond donors (Lipinski definition) is 2. The Morgan fingerprint density at radius 2 is 1.86 bits per heavy atom. The summed E-state index contributed by atoms with van der Waals surface area (Å²) < 4.78 is 34.2. The Morgan fingerprint density at radius 1 is 1.14 bits per heavy atom. The molecule has 0 aromatic heterocycles. The van der Waals surface area contributed by atoms with Crippen LogP contribution >= 0.6 is 0 Å². The molecule has 2 N–H and O–H groups in total. The van der Waals surface area contributed by atoms with Gasteiger partial charge in [-0.25, -0.2) is 13.2 Å². The van der Waals surface area contributed by atoms with E-state index >= 15 is 0 Å². The molecule has 154 valence electrons. The van der Waals surface area contributed by atoms with Gasteiger partial charge < -0.3 is 19.9 Å². The van der Waals surface area contributed by atoms with Gasteiger partial charge >= 0.3 is 5.97 Å². The second-order valence-corrected chi connectivity index (χ2v) is 8.09. The molecule has 2 rings (SSSR count). The number of rotatable bonds is 8. The van der Waals surface area contributed by atoms with Gasteiger partial charge in [0.05, 0.1) is 17.6 Å². The fourth-order valence-corrected chi connectivity index (χ4v) is 3.13. The van der Waals surface area contributed by atoms with Gasteiger partial charge in [0.1, 0.15) is 0 Å². The van der Waals surface area contributed by atoms with Crippen LogP contribution in [0, 0.1) is 0 Å². The number of methoxy groups -OCH3 is 1. The number of nitrogens with one attached hydrogen (secondary N) is 1. The summed E-state index contributed by atoms with van der Waals surface area (Å²) in [5.41, 5.74) is 0.680. The Bertz CT molecular complexity index is 1060. The lowest BCUT2D eigenvalue weighted by Crippen LogP contribution is -2.21. The zero-order valence-corrected chi connectivity index (χ0v) is 16.9. The summed E-state index contributed by atoms with van der Waals surface area (Å²) in [7, 11) is -2.18. The average molecular weight is 419 g/mol. The first-order valence-electron chi connectivity index (χ1n) is 8.46. The highest BCUT2D eigenvalue weighted by Crippen LogP contribution is 2.28. The summed E-state index contributed by atoms with van der Waals surface area (Å²) in [6.07, 6.45) is 4.71. The molecule has 29 heavy (non-hydrogen) atoms. The molecule has 0 saturated heterocycles. The standard InChI is InChI=1S/C20H21NO7S/c1-4-5-13-6-7-17(18(8-13)27-2)28-12-19(22)21-15-9-14(20(23)24)10-16(11-15)29(3,25)26/h4-11H,12H2,1-3H3,(H,21,22)(H,23,24)/b5-4+. The highest BCUT2D eigenvalue weighted by Gasteiger charge is 2.15.